The number of carbonyl (C=O) groups is 2. The number of likely N-dealkylation sites (tertiary alicyclic amines) is 1. The number of nitrogens with zero attached hydrogens (tertiary/aromatic N) is 1. The zero-order valence-electron chi connectivity index (χ0n) is 12.7. The average Bonchev–Trinajstić information content (AvgIpc) is 2.69. The predicted molar refractivity (Wildman–Crippen MR) is 79.8 cm³/mol. The maximum Gasteiger partial charge on any atom is 0.405 e. The molecule has 1 heterocycles. The lowest BCUT2D eigenvalue weighted by molar-refractivity contribution is -0.127. The summed E-state index contributed by atoms with van der Waals surface area (Å²) in [6.07, 6.45) is 0.654. The van der Waals surface area contributed by atoms with Crippen LogP contribution >= 0.6 is 11.8 Å². The van der Waals surface area contributed by atoms with Crippen LogP contribution in [0.3, 0.4) is 0 Å². The maximum absolute atomic E-state index is 12.0. The number of rotatable bonds is 4. The highest BCUT2D eigenvalue weighted by atomic mass is 32.2. The van der Waals surface area contributed by atoms with Crippen molar-refractivity contribution < 1.29 is 22.8 Å². The molecule has 1 saturated heterocycles. The van der Waals surface area contributed by atoms with E-state index in [1.54, 1.807) is 24.0 Å². The van der Waals surface area contributed by atoms with E-state index in [0.717, 1.165) is 32.4 Å². The molecule has 9 heteroatoms. The number of imide groups is 1. The van der Waals surface area contributed by atoms with E-state index in [0.29, 0.717) is 5.25 Å². The Morgan fingerprint density at radius 1 is 1.36 bits per heavy atom. The third-order valence-electron chi connectivity index (χ3n) is 3.61. The van der Waals surface area contributed by atoms with Crippen molar-refractivity contribution in [3.63, 3.8) is 0 Å². The average molecular weight is 341 g/mol. The van der Waals surface area contributed by atoms with Gasteiger partial charge in [-0.25, -0.2) is 4.79 Å². The Balaban J connectivity index is 2.47. The lowest BCUT2D eigenvalue weighted by Crippen LogP contribution is -2.51. The van der Waals surface area contributed by atoms with Gasteiger partial charge in [-0.3, -0.25) is 15.0 Å². The third-order valence-corrected chi connectivity index (χ3v) is 4.66. The molecule has 0 aromatic heterocycles. The largest absolute Gasteiger partial charge is 0.405 e. The number of halogens is 3. The van der Waals surface area contributed by atoms with E-state index in [-0.39, 0.29) is 0 Å². The van der Waals surface area contributed by atoms with Gasteiger partial charge in [-0.05, 0) is 32.6 Å². The molecule has 128 valence electrons. The van der Waals surface area contributed by atoms with Gasteiger partial charge in [-0.2, -0.15) is 24.9 Å². The minimum absolute atomic E-state index is 0.428. The van der Waals surface area contributed by atoms with Crippen molar-refractivity contribution in [1.82, 2.24) is 15.5 Å². The molecule has 2 atom stereocenters. The zero-order valence-corrected chi connectivity index (χ0v) is 13.5. The van der Waals surface area contributed by atoms with Gasteiger partial charge in [0.05, 0.1) is 6.04 Å². The number of alkyl halides is 3. The number of hydrogen-bond acceptors (Lipinski definition) is 4. The predicted octanol–water partition coefficient (Wildman–Crippen LogP) is 1.98. The normalized spacial score (nSPS) is 21.8. The molecule has 0 aromatic carbocycles. The molecule has 22 heavy (non-hydrogen) atoms. The summed E-state index contributed by atoms with van der Waals surface area (Å²) >= 11 is 1.74. The van der Waals surface area contributed by atoms with Crippen LogP contribution < -0.4 is 10.6 Å². The summed E-state index contributed by atoms with van der Waals surface area (Å²) in [7, 11) is 0. The van der Waals surface area contributed by atoms with Gasteiger partial charge in [-0.1, -0.05) is 6.42 Å². The van der Waals surface area contributed by atoms with Crippen LogP contribution in [0.4, 0.5) is 18.0 Å². The number of nitrogens with one attached hydrogen (secondary N) is 2. The zero-order chi connectivity index (χ0) is 16.8. The van der Waals surface area contributed by atoms with Gasteiger partial charge in [-0.15, -0.1) is 0 Å². The van der Waals surface area contributed by atoms with Crippen molar-refractivity contribution in [1.29, 1.82) is 0 Å². The summed E-state index contributed by atoms with van der Waals surface area (Å²) in [6, 6.07) is -1.67. The highest BCUT2D eigenvalue weighted by molar-refractivity contribution is 7.99. The molecule has 1 rings (SSSR count). The number of hydrogen-bond donors (Lipinski definition) is 2. The number of carbonyl (C=O) groups excluding carboxylic acids is 2. The molecule has 0 bridgehead atoms. The number of amides is 3. The third kappa shape index (κ3) is 6.87. The summed E-state index contributed by atoms with van der Waals surface area (Å²) < 4.78 is 36.0. The molecule has 5 nitrogen and oxygen atoms in total. The Morgan fingerprint density at radius 2 is 2.05 bits per heavy atom. The molecule has 1 fully saturated rings. The van der Waals surface area contributed by atoms with Gasteiger partial charge in [0, 0.05) is 11.8 Å². The Hall–Kier alpha value is -0.960. The minimum atomic E-state index is -4.50. The molecule has 0 spiro atoms. The number of urea groups is 1. The van der Waals surface area contributed by atoms with Crippen molar-refractivity contribution in [2.24, 2.45) is 0 Å². The van der Waals surface area contributed by atoms with Crippen LogP contribution in [0.1, 0.15) is 26.2 Å². The van der Waals surface area contributed by atoms with Crippen LogP contribution in [-0.2, 0) is 4.79 Å². The molecule has 0 unspecified atom stereocenters. The summed E-state index contributed by atoms with van der Waals surface area (Å²) in [5.74, 6) is -0.582. The second kappa shape index (κ2) is 8.61. The number of thioether (sulfide) groups is 1. The first-order valence-electron chi connectivity index (χ1n) is 7.15. The molecule has 0 radical (unpaired) electrons. The molecule has 1 aliphatic rings. The molecule has 0 aromatic rings. The lowest BCUT2D eigenvalue weighted by Gasteiger charge is -2.28. The van der Waals surface area contributed by atoms with Gasteiger partial charge < -0.3 is 5.32 Å². The molecule has 0 aliphatic carbocycles. The topological polar surface area (TPSA) is 61.4 Å². The van der Waals surface area contributed by atoms with Crippen LogP contribution in [0.25, 0.3) is 0 Å². The van der Waals surface area contributed by atoms with E-state index in [2.05, 4.69) is 0 Å². The van der Waals surface area contributed by atoms with E-state index in [1.165, 1.54) is 0 Å². The van der Waals surface area contributed by atoms with Crippen molar-refractivity contribution in [2.75, 3.05) is 25.9 Å². The monoisotopic (exact) mass is 341 g/mol. The van der Waals surface area contributed by atoms with Gasteiger partial charge in [0.25, 0.3) is 0 Å². The quantitative estimate of drug-likeness (QED) is 0.821. The highest BCUT2D eigenvalue weighted by Gasteiger charge is 2.29. The van der Waals surface area contributed by atoms with E-state index >= 15 is 0 Å². The van der Waals surface area contributed by atoms with Crippen LogP contribution in [0, 0.1) is 0 Å². The summed E-state index contributed by atoms with van der Waals surface area (Å²) in [6.45, 7) is 1.68. The van der Waals surface area contributed by atoms with Crippen molar-refractivity contribution in [3.8, 4) is 0 Å². The fraction of sp³-hybridized carbons (Fsp3) is 0.846. The first kappa shape index (κ1) is 19.1. The molecule has 2 N–H and O–H groups in total. The van der Waals surface area contributed by atoms with Crippen LogP contribution in [0.15, 0.2) is 0 Å². The van der Waals surface area contributed by atoms with Crippen molar-refractivity contribution >= 4 is 23.7 Å². The fourth-order valence-electron chi connectivity index (χ4n) is 2.28. The van der Waals surface area contributed by atoms with E-state index in [4.69, 9.17) is 0 Å². The van der Waals surface area contributed by atoms with E-state index in [9.17, 15) is 22.8 Å². The second-order valence-corrected chi connectivity index (χ2v) is 6.45. The van der Waals surface area contributed by atoms with Crippen molar-refractivity contribution in [3.05, 3.63) is 0 Å². The maximum atomic E-state index is 12.0. The highest BCUT2D eigenvalue weighted by Crippen LogP contribution is 2.21. The Bertz CT molecular complexity index is 393. The molecule has 1 aliphatic heterocycles. The van der Waals surface area contributed by atoms with E-state index in [1.807, 2.05) is 16.5 Å². The first-order valence-corrected chi connectivity index (χ1v) is 8.44. The molecule has 0 saturated carbocycles. The molecule has 3 amide bonds. The van der Waals surface area contributed by atoms with Crippen molar-refractivity contribution in [2.45, 2.75) is 43.7 Å². The lowest BCUT2D eigenvalue weighted by atomic mass is 10.2. The summed E-state index contributed by atoms with van der Waals surface area (Å²) in [5, 5.41) is 4.02. The molecular weight excluding hydrogens is 319 g/mol. The second-order valence-electron chi connectivity index (χ2n) is 5.31. The SMILES string of the molecule is CS[C@H]1CCCCN([C@H](C)C(=O)NC(=O)NCC(F)(F)F)C1. The van der Waals surface area contributed by atoms with Gasteiger partial charge >= 0.3 is 12.2 Å². The summed E-state index contributed by atoms with van der Waals surface area (Å²) in [4.78, 5) is 25.3. The minimum Gasteiger partial charge on any atom is -0.329 e. The van der Waals surface area contributed by atoms with Crippen LogP contribution in [-0.4, -0.2) is 60.2 Å². The van der Waals surface area contributed by atoms with Crippen LogP contribution in [0.2, 0.25) is 0 Å². The Kier molecular flexibility index (Phi) is 7.47. The Labute approximate surface area is 132 Å². The smallest absolute Gasteiger partial charge is 0.329 e. The first-order chi connectivity index (χ1) is 10.2. The molecular formula is C13H22F3N3O2S. The fourth-order valence-corrected chi connectivity index (χ4v) is 3.02. The van der Waals surface area contributed by atoms with E-state index < -0.39 is 30.7 Å². The standard InChI is InChI=1S/C13H22F3N3O2S/c1-9(19-6-4-3-5-10(7-19)22-2)11(20)18-12(21)17-8-13(14,15)16/h9-10H,3-8H2,1-2H3,(H2,17,18,20,21)/t9-,10+/m1/s1. The van der Waals surface area contributed by atoms with Gasteiger partial charge in [0.2, 0.25) is 5.91 Å². The van der Waals surface area contributed by atoms with Crippen LogP contribution in [0.5, 0.6) is 0 Å². The Morgan fingerprint density at radius 3 is 2.64 bits per heavy atom. The summed E-state index contributed by atoms with van der Waals surface area (Å²) in [5.41, 5.74) is 0. The van der Waals surface area contributed by atoms with Gasteiger partial charge in [0.15, 0.2) is 0 Å². The van der Waals surface area contributed by atoms with Gasteiger partial charge in [0.1, 0.15) is 6.54 Å².